The van der Waals surface area contributed by atoms with Gasteiger partial charge in [0.05, 0.1) is 6.61 Å². The van der Waals surface area contributed by atoms with E-state index in [1.807, 2.05) is 12.1 Å². The highest BCUT2D eigenvalue weighted by Crippen LogP contribution is 2.17. The highest BCUT2D eigenvalue weighted by Gasteiger charge is 2.00. The van der Waals surface area contributed by atoms with Crippen molar-refractivity contribution in [3.05, 3.63) is 29.3 Å². The third kappa shape index (κ3) is 3.83. The van der Waals surface area contributed by atoms with Crippen LogP contribution in [-0.4, -0.2) is 27.5 Å². The molecule has 7 heteroatoms. The Balaban J connectivity index is 1.71. The van der Waals surface area contributed by atoms with Gasteiger partial charge in [0.25, 0.3) is 0 Å². The zero-order valence-electron chi connectivity index (χ0n) is 8.89. The molecular formula is C10H11ClN4OS. The Morgan fingerprint density at radius 2 is 2.12 bits per heavy atom. The second-order valence-corrected chi connectivity index (χ2v) is 4.65. The number of aromatic nitrogens is 3. The zero-order valence-corrected chi connectivity index (χ0v) is 10.5. The molecule has 0 saturated carbocycles. The lowest BCUT2D eigenvalue weighted by Gasteiger charge is -2.04. The normalized spacial score (nSPS) is 10.4. The summed E-state index contributed by atoms with van der Waals surface area (Å²) in [5, 5.41) is 7.80. The van der Waals surface area contributed by atoms with Gasteiger partial charge in [0, 0.05) is 10.8 Å². The predicted octanol–water partition coefficient (Wildman–Crippen LogP) is 2.21. The van der Waals surface area contributed by atoms with E-state index in [9.17, 15) is 0 Å². The van der Waals surface area contributed by atoms with Crippen molar-refractivity contribution in [3.63, 3.8) is 0 Å². The van der Waals surface area contributed by atoms with Gasteiger partial charge in [-0.3, -0.25) is 0 Å². The number of benzene rings is 1. The van der Waals surface area contributed by atoms with Gasteiger partial charge in [-0.05, 0) is 24.3 Å². The van der Waals surface area contributed by atoms with Crippen LogP contribution < -0.4 is 10.5 Å². The summed E-state index contributed by atoms with van der Waals surface area (Å²) in [6.07, 6.45) is 0. The zero-order chi connectivity index (χ0) is 12.1. The Labute approximate surface area is 108 Å². The van der Waals surface area contributed by atoms with E-state index >= 15 is 0 Å². The average molecular weight is 271 g/mol. The molecule has 5 nitrogen and oxygen atoms in total. The Morgan fingerprint density at radius 3 is 2.76 bits per heavy atom. The highest BCUT2D eigenvalue weighted by molar-refractivity contribution is 7.99. The van der Waals surface area contributed by atoms with Crippen molar-refractivity contribution in [2.75, 3.05) is 18.1 Å². The summed E-state index contributed by atoms with van der Waals surface area (Å²) in [6, 6.07) is 7.25. The summed E-state index contributed by atoms with van der Waals surface area (Å²) in [4.78, 5) is 3.97. The van der Waals surface area contributed by atoms with Crippen molar-refractivity contribution >= 4 is 29.3 Å². The number of ether oxygens (including phenoxy) is 1. The number of anilines is 1. The Morgan fingerprint density at radius 1 is 1.35 bits per heavy atom. The maximum absolute atomic E-state index is 5.76. The first-order chi connectivity index (χ1) is 8.24. The lowest BCUT2D eigenvalue weighted by molar-refractivity contribution is 0.344. The van der Waals surface area contributed by atoms with Crippen LogP contribution in [0.1, 0.15) is 0 Å². The van der Waals surface area contributed by atoms with Crippen LogP contribution in [0.3, 0.4) is 0 Å². The second-order valence-electron chi connectivity index (χ2n) is 3.15. The van der Waals surface area contributed by atoms with Crippen molar-refractivity contribution in [2.45, 2.75) is 5.16 Å². The molecule has 0 atom stereocenters. The molecule has 3 N–H and O–H groups in total. The van der Waals surface area contributed by atoms with Crippen LogP contribution in [0.15, 0.2) is 29.4 Å². The van der Waals surface area contributed by atoms with Crippen LogP contribution in [0.4, 0.5) is 5.95 Å². The van der Waals surface area contributed by atoms with Crippen molar-refractivity contribution in [2.24, 2.45) is 0 Å². The number of nitrogens with one attached hydrogen (secondary N) is 1. The van der Waals surface area contributed by atoms with Gasteiger partial charge in [-0.1, -0.05) is 23.4 Å². The highest BCUT2D eigenvalue weighted by atomic mass is 35.5. The van der Waals surface area contributed by atoms with Crippen LogP contribution in [0.2, 0.25) is 5.02 Å². The van der Waals surface area contributed by atoms with E-state index in [-0.39, 0.29) is 0 Å². The maximum Gasteiger partial charge on any atom is 0.216 e. The van der Waals surface area contributed by atoms with Crippen molar-refractivity contribution < 1.29 is 4.74 Å². The first-order valence-electron chi connectivity index (χ1n) is 4.93. The van der Waals surface area contributed by atoms with E-state index in [0.29, 0.717) is 22.7 Å². The lowest BCUT2D eigenvalue weighted by Crippen LogP contribution is -2.00. The SMILES string of the molecule is Nc1nc(SCCOc2ccc(Cl)cc2)n[nH]1. The minimum absolute atomic E-state index is 0.325. The summed E-state index contributed by atoms with van der Waals surface area (Å²) < 4.78 is 5.51. The molecule has 2 rings (SSSR count). The number of nitrogens with zero attached hydrogens (tertiary/aromatic N) is 2. The summed E-state index contributed by atoms with van der Waals surface area (Å²) in [5.74, 6) is 1.87. The largest absolute Gasteiger partial charge is 0.493 e. The first-order valence-corrected chi connectivity index (χ1v) is 6.29. The molecule has 1 aromatic heterocycles. The molecule has 90 valence electrons. The third-order valence-electron chi connectivity index (χ3n) is 1.88. The van der Waals surface area contributed by atoms with Gasteiger partial charge in [-0.25, -0.2) is 5.10 Å². The van der Waals surface area contributed by atoms with E-state index in [1.165, 1.54) is 11.8 Å². The molecule has 0 unspecified atom stereocenters. The van der Waals surface area contributed by atoms with Crippen molar-refractivity contribution in [1.82, 2.24) is 15.2 Å². The average Bonchev–Trinajstić information content (AvgIpc) is 2.73. The fourth-order valence-corrected chi connectivity index (χ4v) is 1.89. The number of nitrogen functional groups attached to an aromatic ring is 1. The lowest BCUT2D eigenvalue weighted by atomic mass is 10.3. The topological polar surface area (TPSA) is 76.8 Å². The Bertz CT molecular complexity index is 473. The van der Waals surface area contributed by atoms with Gasteiger partial charge < -0.3 is 10.5 Å². The molecule has 0 bridgehead atoms. The number of H-pyrrole nitrogens is 1. The van der Waals surface area contributed by atoms with E-state index in [4.69, 9.17) is 22.1 Å². The molecule has 0 radical (unpaired) electrons. The predicted molar refractivity (Wildman–Crippen MR) is 68.5 cm³/mol. The van der Waals surface area contributed by atoms with Crippen LogP contribution in [0.5, 0.6) is 5.75 Å². The smallest absolute Gasteiger partial charge is 0.216 e. The standard InChI is InChI=1S/C10H11ClN4OS/c11-7-1-3-8(4-2-7)16-5-6-17-10-13-9(12)14-15-10/h1-4H,5-6H2,(H3,12,13,14,15). The first kappa shape index (κ1) is 12.1. The molecule has 0 aliphatic rings. The van der Waals surface area contributed by atoms with Crippen LogP contribution >= 0.6 is 23.4 Å². The summed E-state index contributed by atoms with van der Waals surface area (Å²) >= 11 is 7.24. The van der Waals surface area contributed by atoms with Gasteiger partial charge in [-0.2, -0.15) is 4.98 Å². The second kappa shape index (κ2) is 5.79. The maximum atomic E-state index is 5.76. The number of nitrogens with two attached hydrogens (primary N) is 1. The molecule has 2 aromatic rings. The summed E-state index contributed by atoms with van der Waals surface area (Å²) in [5.41, 5.74) is 5.40. The number of thioether (sulfide) groups is 1. The molecule has 0 aliphatic heterocycles. The number of hydrogen-bond acceptors (Lipinski definition) is 5. The fourth-order valence-electron chi connectivity index (χ4n) is 1.15. The number of rotatable bonds is 5. The Hall–Kier alpha value is -1.40. The molecule has 0 saturated heterocycles. The van der Waals surface area contributed by atoms with Crippen molar-refractivity contribution in [3.8, 4) is 5.75 Å². The van der Waals surface area contributed by atoms with E-state index in [1.54, 1.807) is 12.1 Å². The number of halogens is 1. The van der Waals surface area contributed by atoms with Crippen LogP contribution in [-0.2, 0) is 0 Å². The molecule has 17 heavy (non-hydrogen) atoms. The molecule has 0 spiro atoms. The summed E-state index contributed by atoms with van der Waals surface area (Å²) in [7, 11) is 0. The van der Waals surface area contributed by atoms with E-state index in [2.05, 4.69) is 15.2 Å². The van der Waals surface area contributed by atoms with Crippen LogP contribution in [0, 0.1) is 0 Å². The third-order valence-corrected chi connectivity index (χ3v) is 2.94. The number of aromatic amines is 1. The van der Waals surface area contributed by atoms with Gasteiger partial charge in [0.15, 0.2) is 0 Å². The Kier molecular flexibility index (Phi) is 4.11. The number of hydrogen-bond donors (Lipinski definition) is 2. The monoisotopic (exact) mass is 270 g/mol. The van der Waals surface area contributed by atoms with E-state index in [0.717, 1.165) is 11.5 Å². The molecule has 1 aromatic carbocycles. The van der Waals surface area contributed by atoms with Gasteiger partial charge in [-0.15, -0.1) is 5.10 Å². The van der Waals surface area contributed by atoms with Gasteiger partial charge >= 0.3 is 0 Å². The minimum atomic E-state index is 0.325. The minimum Gasteiger partial charge on any atom is -0.493 e. The summed E-state index contributed by atoms with van der Waals surface area (Å²) in [6.45, 7) is 0.570. The van der Waals surface area contributed by atoms with Crippen molar-refractivity contribution in [1.29, 1.82) is 0 Å². The van der Waals surface area contributed by atoms with Crippen LogP contribution in [0.25, 0.3) is 0 Å². The molecular weight excluding hydrogens is 260 g/mol. The quantitative estimate of drug-likeness (QED) is 0.643. The van der Waals surface area contributed by atoms with Gasteiger partial charge in [0.1, 0.15) is 5.75 Å². The fraction of sp³-hybridized carbons (Fsp3) is 0.200. The molecule has 0 amide bonds. The molecule has 1 heterocycles. The van der Waals surface area contributed by atoms with E-state index < -0.39 is 0 Å². The molecule has 0 fully saturated rings. The molecule has 0 aliphatic carbocycles. The van der Waals surface area contributed by atoms with Gasteiger partial charge in [0.2, 0.25) is 11.1 Å².